The van der Waals surface area contributed by atoms with Gasteiger partial charge in [0.25, 0.3) is 0 Å². The number of anilines is 1. The van der Waals surface area contributed by atoms with E-state index in [4.69, 9.17) is 17.3 Å². The molecule has 0 heterocycles. The van der Waals surface area contributed by atoms with Crippen molar-refractivity contribution in [3.05, 3.63) is 52.5 Å². The van der Waals surface area contributed by atoms with Crippen LogP contribution in [0.25, 0.3) is 11.1 Å². The average molecular weight is 230 g/mol. The van der Waals surface area contributed by atoms with Crippen LogP contribution in [-0.2, 0) is 0 Å². The highest BCUT2D eigenvalue weighted by atomic mass is 35.5. The Hall–Kier alpha value is -1.80. The van der Waals surface area contributed by atoms with Gasteiger partial charge in [-0.2, -0.15) is 0 Å². The third-order valence-corrected chi connectivity index (χ3v) is 3.17. The SMILES string of the molecule is Nc1cc2c(cc1Cl)-c1ccccc1C2=O. The van der Waals surface area contributed by atoms with Crippen LogP contribution < -0.4 is 5.73 Å². The average Bonchev–Trinajstić information content (AvgIpc) is 2.55. The number of nitrogen functional groups attached to an aromatic ring is 1. The van der Waals surface area contributed by atoms with Crippen molar-refractivity contribution in [2.75, 3.05) is 5.73 Å². The van der Waals surface area contributed by atoms with E-state index in [1.165, 1.54) is 0 Å². The van der Waals surface area contributed by atoms with E-state index >= 15 is 0 Å². The second-order valence-electron chi connectivity index (χ2n) is 3.79. The van der Waals surface area contributed by atoms with Crippen LogP contribution in [0.15, 0.2) is 36.4 Å². The molecule has 0 amide bonds. The summed E-state index contributed by atoms with van der Waals surface area (Å²) < 4.78 is 0. The van der Waals surface area contributed by atoms with Gasteiger partial charge in [-0.15, -0.1) is 0 Å². The van der Waals surface area contributed by atoms with E-state index < -0.39 is 0 Å². The molecule has 0 aliphatic heterocycles. The van der Waals surface area contributed by atoms with E-state index in [0.717, 1.165) is 16.7 Å². The molecule has 3 heteroatoms. The molecule has 16 heavy (non-hydrogen) atoms. The van der Waals surface area contributed by atoms with Gasteiger partial charge in [0, 0.05) is 11.1 Å². The number of hydrogen-bond acceptors (Lipinski definition) is 2. The standard InChI is InChI=1S/C13H8ClNO/c14-11-5-9-7-3-1-2-4-8(7)13(16)10(9)6-12(11)15/h1-6H,15H2. The number of benzene rings is 2. The van der Waals surface area contributed by atoms with Crippen molar-refractivity contribution < 1.29 is 4.79 Å². The molecule has 1 aliphatic carbocycles. The lowest BCUT2D eigenvalue weighted by atomic mass is 10.1. The number of carbonyl (C=O) groups is 1. The zero-order chi connectivity index (χ0) is 11.3. The first-order valence-electron chi connectivity index (χ1n) is 4.91. The summed E-state index contributed by atoms with van der Waals surface area (Å²) >= 11 is 5.97. The monoisotopic (exact) mass is 229 g/mol. The minimum absolute atomic E-state index is 0.0222. The van der Waals surface area contributed by atoms with Crippen LogP contribution >= 0.6 is 11.6 Å². The third-order valence-electron chi connectivity index (χ3n) is 2.84. The van der Waals surface area contributed by atoms with Gasteiger partial charge in [-0.05, 0) is 23.3 Å². The van der Waals surface area contributed by atoms with Crippen molar-refractivity contribution in [1.29, 1.82) is 0 Å². The maximum Gasteiger partial charge on any atom is 0.194 e. The first-order chi connectivity index (χ1) is 7.68. The number of halogens is 1. The summed E-state index contributed by atoms with van der Waals surface area (Å²) in [6.45, 7) is 0. The molecule has 0 bridgehead atoms. The molecule has 2 N–H and O–H groups in total. The Labute approximate surface area is 97.7 Å². The van der Waals surface area contributed by atoms with Crippen molar-refractivity contribution in [3.8, 4) is 11.1 Å². The molecule has 0 spiro atoms. The Kier molecular flexibility index (Phi) is 1.82. The lowest BCUT2D eigenvalue weighted by Gasteiger charge is -2.02. The highest BCUT2D eigenvalue weighted by Crippen LogP contribution is 2.39. The van der Waals surface area contributed by atoms with E-state index in [-0.39, 0.29) is 5.78 Å². The number of carbonyl (C=O) groups excluding carboxylic acids is 1. The summed E-state index contributed by atoms with van der Waals surface area (Å²) in [5, 5.41) is 0.489. The van der Waals surface area contributed by atoms with Gasteiger partial charge in [0.15, 0.2) is 5.78 Å². The Morgan fingerprint density at radius 2 is 1.62 bits per heavy atom. The molecule has 2 aromatic carbocycles. The molecule has 0 unspecified atom stereocenters. The molecule has 3 rings (SSSR count). The highest BCUT2D eigenvalue weighted by molar-refractivity contribution is 6.34. The fraction of sp³-hybridized carbons (Fsp3) is 0. The van der Waals surface area contributed by atoms with E-state index in [9.17, 15) is 4.79 Å². The normalized spacial score (nSPS) is 12.4. The van der Waals surface area contributed by atoms with Gasteiger partial charge < -0.3 is 5.73 Å². The molecule has 78 valence electrons. The lowest BCUT2D eigenvalue weighted by molar-refractivity contribution is 0.104. The zero-order valence-corrected chi connectivity index (χ0v) is 9.08. The largest absolute Gasteiger partial charge is 0.398 e. The summed E-state index contributed by atoms with van der Waals surface area (Å²) in [6.07, 6.45) is 0. The topological polar surface area (TPSA) is 43.1 Å². The van der Waals surface area contributed by atoms with Gasteiger partial charge >= 0.3 is 0 Å². The maximum absolute atomic E-state index is 12.1. The molecule has 0 fully saturated rings. The van der Waals surface area contributed by atoms with E-state index in [2.05, 4.69) is 0 Å². The second kappa shape index (κ2) is 3.09. The van der Waals surface area contributed by atoms with Crippen molar-refractivity contribution in [2.45, 2.75) is 0 Å². The number of rotatable bonds is 0. The van der Waals surface area contributed by atoms with Crippen LogP contribution in [-0.4, -0.2) is 5.78 Å². The summed E-state index contributed by atoms with van der Waals surface area (Å²) in [6, 6.07) is 10.9. The predicted octanol–water partition coefficient (Wildman–Crippen LogP) is 3.13. The van der Waals surface area contributed by atoms with Crippen LogP contribution in [0.1, 0.15) is 15.9 Å². The van der Waals surface area contributed by atoms with Crippen LogP contribution in [0.4, 0.5) is 5.69 Å². The zero-order valence-electron chi connectivity index (χ0n) is 8.33. The van der Waals surface area contributed by atoms with Crippen LogP contribution in [0, 0.1) is 0 Å². The highest BCUT2D eigenvalue weighted by Gasteiger charge is 2.26. The maximum atomic E-state index is 12.1. The van der Waals surface area contributed by atoms with E-state index in [1.54, 1.807) is 12.1 Å². The number of ketones is 1. The molecular formula is C13H8ClNO. The van der Waals surface area contributed by atoms with Crippen molar-refractivity contribution >= 4 is 23.1 Å². The molecule has 0 radical (unpaired) electrons. The molecule has 2 aromatic rings. The van der Waals surface area contributed by atoms with Crippen molar-refractivity contribution in [3.63, 3.8) is 0 Å². The van der Waals surface area contributed by atoms with Crippen molar-refractivity contribution in [1.82, 2.24) is 0 Å². The van der Waals surface area contributed by atoms with Crippen LogP contribution in [0.2, 0.25) is 5.02 Å². The molecule has 0 saturated heterocycles. The number of fused-ring (bicyclic) bond motifs is 3. The molecule has 2 nitrogen and oxygen atoms in total. The summed E-state index contributed by atoms with van der Waals surface area (Å²) in [7, 11) is 0. The van der Waals surface area contributed by atoms with E-state index in [0.29, 0.717) is 16.3 Å². The van der Waals surface area contributed by atoms with Gasteiger partial charge in [0.05, 0.1) is 10.7 Å². The summed E-state index contributed by atoms with van der Waals surface area (Å²) in [5.74, 6) is 0.0222. The smallest absolute Gasteiger partial charge is 0.194 e. The predicted molar refractivity (Wildman–Crippen MR) is 64.7 cm³/mol. The molecule has 0 saturated carbocycles. The summed E-state index contributed by atoms with van der Waals surface area (Å²) in [5.41, 5.74) is 9.32. The van der Waals surface area contributed by atoms with Crippen molar-refractivity contribution in [2.24, 2.45) is 0 Å². The minimum Gasteiger partial charge on any atom is -0.398 e. The first-order valence-corrected chi connectivity index (χ1v) is 5.29. The second-order valence-corrected chi connectivity index (χ2v) is 4.20. The quantitative estimate of drug-likeness (QED) is 0.602. The Morgan fingerprint density at radius 1 is 0.938 bits per heavy atom. The Balaban J connectivity index is 2.38. The van der Waals surface area contributed by atoms with Gasteiger partial charge in [0.1, 0.15) is 0 Å². The minimum atomic E-state index is 0.0222. The number of hydrogen-bond donors (Lipinski definition) is 1. The van der Waals surface area contributed by atoms with Crippen LogP contribution in [0.3, 0.4) is 0 Å². The van der Waals surface area contributed by atoms with E-state index in [1.807, 2.05) is 24.3 Å². The fourth-order valence-electron chi connectivity index (χ4n) is 2.06. The Morgan fingerprint density at radius 3 is 2.38 bits per heavy atom. The Bertz CT molecular complexity index is 619. The van der Waals surface area contributed by atoms with Crippen LogP contribution in [0.5, 0.6) is 0 Å². The fourth-order valence-corrected chi connectivity index (χ4v) is 2.23. The summed E-state index contributed by atoms with van der Waals surface area (Å²) in [4.78, 5) is 12.1. The lowest BCUT2D eigenvalue weighted by Crippen LogP contribution is -1.96. The number of nitrogens with two attached hydrogens (primary N) is 1. The van der Waals surface area contributed by atoms with Gasteiger partial charge in [-0.3, -0.25) is 4.79 Å². The van der Waals surface area contributed by atoms with Gasteiger partial charge in [-0.1, -0.05) is 35.9 Å². The van der Waals surface area contributed by atoms with Gasteiger partial charge in [-0.25, -0.2) is 0 Å². The molecule has 0 aromatic heterocycles. The molecule has 1 aliphatic rings. The first kappa shape index (κ1) is 9.43. The van der Waals surface area contributed by atoms with Gasteiger partial charge in [0.2, 0.25) is 0 Å². The molecular weight excluding hydrogens is 222 g/mol. The molecule has 0 atom stereocenters. The third kappa shape index (κ3) is 1.11.